The van der Waals surface area contributed by atoms with E-state index in [9.17, 15) is 9.59 Å². The Morgan fingerprint density at radius 1 is 1.21 bits per heavy atom. The maximum Gasteiger partial charge on any atom is 0.262 e. The van der Waals surface area contributed by atoms with Crippen molar-refractivity contribution in [2.24, 2.45) is 0 Å². The lowest BCUT2D eigenvalue weighted by Gasteiger charge is -2.10. The van der Waals surface area contributed by atoms with Gasteiger partial charge in [0.1, 0.15) is 15.7 Å². The van der Waals surface area contributed by atoms with E-state index < -0.39 is 11.1 Å². The van der Waals surface area contributed by atoms with Gasteiger partial charge in [-0.1, -0.05) is 13.0 Å². The molecule has 3 aromatic heterocycles. The van der Waals surface area contributed by atoms with Gasteiger partial charge in [0.05, 0.1) is 6.57 Å². The molecule has 0 aromatic carbocycles. The zero-order valence-corrected chi connectivity index (χ0v) is 16.6. The fraction of sp³-hybridized carbons (Fsp3) is 0.286. The minimum Gasteiger partial charge on any atom is -0.318 e. The Labute approximate surface area is 165 Å². The van der Waals surface area contributed by atoms with Crippen molar-refractivity contribution in [1.29, 1.82) is 0 Å². The Kier molecular flexibility index (Phi) is 4.44. The summed E-state index contributed by atoms with van der Waals surface area (Å²) in [6.07, 6.45) is 5.89. The van der Waals surface area contributed by atoms with Crippen LogP contribution in [0.25, 0.3) is 22.5 Å². The molecule has 142 valence electrons. The van der Waals surface area contributed by atoms with E-state index >= 15 is 0 Å². The van der Waals surface area contributed by atoms with Gasteiger partial charge in [-0.3, -0.25) is 9.59 Å². The van der Waals surface area contributed by atoms with E-state index in [4.69, 9.17) is 6.57 Å². The molecule has 0 saturated heterocycles. The van der Waals surface area contributed by atoms with Gasteiger partial charge in [-0.2, -0.15) is 0 Å². The summed E-state index contributed by atoms with van der Waals surface area (Å²) < 4.78 is 2.07. The number of rotatable bonds is 2. The zero-order chi connectivity index (χ0) is 20.0. The second-order valence-corrected chi connectivity index (χ2v) is 8.17. The molecule has 7 heteroatoms. The molecule has 1 aliphatic rings. The molecule has 0 spiro atoms. The predicted molar refractivity (Wildman–Crippen MR) is 112 cm³/mol. The third kappa shape index (κ3) is 2.86. The smallest absolute Gasteiger partial charge is 0.262 e. The molecule has 0 atom stereocenters. The van der Waals surface area contributed by atoms with Crippen LogP contribution in [-0.4, -0.2) is 14.5 Å². The highest BCUT2D eigenvalue weighted by Crippen LogP contribution is 2.43. The molecule has 0 bridgehead atoms. The van der Waals surface area contributed by atoms with E-state index in [0.29, 0.717) is 0 Å². The molecule has 4 rings (SSSR count). The van der Waals surface area contributed by atoms with Crippen molar-refractivity contribution in [3.63, 3.8) is 0 Å². The lowest BCUT2D eigenvalue weighted by atomic mass is 9.98. The van der Waals surface area contributed by atoms with E-state index in [1.807, 2.05) is 19.9 Å². The number of hydrogen-bond acceptors (Lipinski definition) is 3. The molecule has 0 radical (unpaired) electrons. The fourth-order valence-corrected chi connectivity index (χ4v) is 5.32. The lowest BCUT2D eigenvalue weighted by Crippen LogP contribution is -2.47. The topological polar surface area (TPSA) is 75.0 Å². The lowest BCUT2D eigenvalue weighted by molar-refractivity contribution is 0.699. The second-order valence-electron chi connectivity index (χ2n) is 7.08. The summed E-state index contributed by atoms with van der Waals surface area (Å²) >= 11 is 1.69. The van der Waals surface area contributed by atoms with E-state index in [1.54, 1.807) is 17.4 Å². The molecule has 0 amide bonds. The molecule has 0 unspecified atom stereocenters. The molecule has 0 aliphatic heterocycles. The highest BCUT2D eigenvalue weighted by molar-refractivity contribution is 7.15. The maximum absolute atomic E-state index is 12.2. The van der Waals surface area contributed by atoms with Gasteiger partial charge in [0.15, 0.2) is 0 Å². The summed E-state index contributed by atoms with van der Waals surface area (Å²) in [4.78, 5) is 34.6. The molecule has 0 saturated carbocycles. The molecular formula is C21H20N4O2S. The number of fused-ring (bicyclic) bond motifs is 1. The van der Waals surface area contributed by atoms with Gasteiger partial charge in [-0.15, -0.1) is 11.3 Å². The van der Waals surface area contributed by atoms with Gasteiger partial charge >= 0.3 is 0 Å². The number of aromatic nitrogens is 3. The highest BCUT2D eigenvalue weighted by atomic mass is 32.1. The Morgan fingerprint density at radius 3 is 2.57 bits per heavy atom. The summed E-state index contributed by atoms with van der Waals surface area (Å²) in [5, 5.41) is 0.982. The van der Waals surface area contributed by atoms with Crippen molar-refractivity contribution >= 4 is 29.7 Å². The Balaban J connectivity index is 1.94. The van der Waals surface area contributed by atoms with Crippen LogP contribution in [0.5, 0.6) is 0 Å². The van der Waals surface area contributed by atoms with Gasteiger partial charge < -0.3 is 14.5 Å². The van der Waals surface area contributed by atoms with Gasteiger partial charge in [-0.25, -0.2) is 4.85 Å². The average Bonchev–Trinajstić information content (AvgIpc) is 3.14. The Bertz CT molecular complexity index is 1320. The maximum atomic E-state index is 12.2. The van der Waals surface area contributed by atoms with Gasteiger partial charge in [-0.05, 0) is 61.3 Å². The number of nitrogens with zero attached hydrogens (tertiary/aromatic N) is 2. The van der Waals surface area contributed by atoms with Crippen LogP contribution in [0.4, 0.5) is 5.69 Å². The summed E-state index contributed by atoms with van der Waals surface area (Å²) in [5.41, 5.74) is 3.84. The Morgan fingerprint density at radius 2 is 1.89 bits per heavy atom. The monoisotopic (exact) mass is 392 g/mol. The minimum absolute atomic E-state index is 0.0449. The number of thiophene rings is 1. The minimum atomic E-state index is -0.466. The van der Waals surface area contributed by atoms with Crippen LogP contribution in [0.3, 0.4) is 0 Å². The van der Waals surface area contributed by atoms with Crippen molar-refractivity contribution < 1.29 is 0 Å². The third-order valence-electron chi connectivity index (χ3n) is 5.23. The number of hydrogen-bond donors (Lipinski definition) is 2. The van der Waals surface area contributed by atoms with Gasteiger partial charge in [0.25, 0.3) is 11.1 Å². The van der Waals surface area contributed by atoms with Crippen LogP contribution in [0.15, 0.2) is 15.7 Å². The van der Waals surface area contributed by atoms with E-state index in [2.05, 4.69) is 26.0 Å². The van der Waals surface area contributed by atoms with Crippen LogP contribution >= 0.6 is 11.3 Å². The van der Waals surface area contributed by atoms with Crippen LogP contribution in [0.1, 0.15) is 40.2 Å². The number of aryl methyl sites for hydroxylation is 2. The van der Waals surface area contributed by atoms with Crippen LogP contribution in [-0.2, 0) is 12.8 Å². The normalized spacial score (nSPS) is 13.2. The number of nitrogens with one attached hydrogen (secondary N) is 2. The predicted octanol–water partition coefficient (Wildman–Crippen LogP) is 2.20. The van der Waals surface area contributed by atoms with Crippen molar-refractivity contribution in [3.8, 4) is 5.00 Å². The van der Waals surface area contributed by atoms with Crippen molar-refractivity contribution in [1.82, 2.24) is 14.5 Å². The molecule has 3 heterocycles. The van der Waals surface area contributed by atoms with Crippen molar-refractivity contribution in [2.75, 3.05) is 0 Å². The molecule has 6 nitrogen and oxygen atoms in total. The van der Waals surface area contributed by atoms with E-state index in [1.165, 1.54) is 16.9 Å². The quantitative estimate of drug-likeness (QED) is 0.656. The van der Waals surface area contributed by atoms with E-state index in [0.717, 1.165) is 46.9 Å². The average molecular weight is 392 g/mol. The molecular weight excluding hydrogens is 372 g/mol. The zero-order valence-electron chi connectivity index (χ0n) is 15.8. The first-order valence-corrected chi connectivity index (χ1v) is 9.97. The first kappa shape index (κ1) is 18.3. The molecule has 3 aromatic rings. The van der Waals surface area contributed by atoms with Crippen molar-refractivity contribution in [3.05, 3.63) is 76.3 Å². The Hall–Kier alpha value is -3.11. The second kappa shape index (κ2) is 6.80. The molecule has 2 N–H and O–H groups in total. The summed E-state index contributed by atoms with van der Waals surface area (Å²) in [6, 6.07) is 1.94. The first-order chi connectivity index (χ1) is 13.4. The largest absolute Gasteiger partial charge is 0.318 e. The SMILES string of the molecule is [C-]#[N+]c1c(-n2c(C)cc(C=c3c(=O)[nH]c(=C)[nH]c3=O)c2C)sc2c1CCCC2. The van der Waals surface area contributed by atoms with E-state index in [-0.39, 0.29) is 10.7 Å². The molecule has 28 heavy (non-hydrogen) atoms. The van der Waals surface area contributed by atoms with Gasteiger partial charge in [0, 0.05) is 11.4 Å². The van der Waals surface area contributed by atoms with Gasteiger partial charge in [0.2, 0.25) is 5.69 Å². The highest BCUT2D eigenvalue weighted by Gasteiger charge is 2.23. The summed E-state index contributed by atoms with van der Waals surface area (Å²) in [6.45, 7) is 15.2. The number of aromatic amines is 2. The summed E-state index contributed by atoms with van der Waals surface area (Å²) in [7, 11) is 0. The fourth-order valence-electron chi connectivity index (χ4n) is 3.88. The van der Waals surface area contributed by atoms with Crippen LogP contribution < -0.4 is 21.8 Å². The first-order valence-electron chi connectivity index (χ1n) is 9.15. The van der Waals surface area contributed by atoms with Crippen LogP contribution in [0, 0.1) is 20.4 Å². The number of H-pyrrole nitrogens is 2. The molecule has 1 aliphatic carbocycles. The summed E-state index contributed by atoms with van der Waals surface area (Å²) in [5.74, 6) is 0. The van der Waals surface area contributed by atoms with Crippen LogP contribution in [0.2, 0.25) is 0 Å². The van der Waals surface area contributed by atoms with Crippen molar-refractivity contribution in [2.45, 2.75) is 39.5 Å². The molecule has 0 fully saturated rings. The standard InChI is InChI=1S/C21H20N4O2S/c1-11-9-14(10-16-19(26)23-13(3)24-20(16)27)12(2)25(11)21-18(22-4)15-7-5-6-8-17(15)28-21/h9-10H,3,5-8H2,1-2H3,(H,23,26)(H,24,27). The third-order valence-corrected chi connectivity index (χ3v) is 6.49.